The van der Waals surface area contributed by atoms with Crippen molar-refractivity contribution in [3.8, 4) is 17.2 Å². The van der Waals surface area contributed by atoms with Gasteiger partial charge in [0, 0.05) is 82.9 Å². The number of phenols is 2. The lowest BCUT2D eigenvalue weighted by atomic mass is 9.72. The zero-order valence-electron chi connectivity index (χ0n) is 40.6. The molecule has 6 amide bonds. The quantitative estimate of drug-likeness (QED) is 0.0444. The summed E-state index contributed by atoms with van der Waals surface area (Å²) in [6.07, 6.45) is -7.53. The van der Waals surface area contributed by atoms with Crippen molar-refractivity contribution in [1.29, 1.82) is 0 Å². The normalized spacial score (nSPS) is 29.0. The highest BCUT2D eigenvalue weighted by Crippen LogP contribution is 2.53. The zero-order valence-corrected chi connectivity index (χ0v) is 39.6. The Labute approximate surface area is 408 Å². The molecule has 4 aliphatic heterocycles. The van der Waals surface area contributed by atoms with E-state index in [2.05, 4.69) is 26.2 Å². The first-order valence-electron chi connectivity index (χ1n) is 23.8. The van der Waals surface area contributed by atoms with Crippen molar-refractivity contribution in [2.75, 3.05) is 53.6 Å². The maximum atomic E-state index is 14.2. The van der Waals surface area contributed by atoms with E-state index in [9.17, 15) is 58.8 Å². The fourth-order valence-electron chi connectivity index (χ4n) is 10.2. The number of likely N-dealkylation sites (tertiary alicyclic amines) is 1. The Balaban J connectivity index is 0.977. The Morgan fingerprint density at radius 1 is 0.958 bits per heavy atom. The van der Waals surface area contributed by atoms with Crippen LogP contribution in [-0.4, -0.2) is 186 Å². The summed E-state index contributed by atoms with van der Waals surface area (Å²) >= 11 is 0. The number of ether oxygens (including phenoxy) is 6. The van der Waals surface area contributed by atoms with Crippen LogP contribution in [0.15, 0.2) is 18.2 Å². The highest BCUT2D eigenvalue weighted by Gasteiger charge is 2.55. The SMILES string of the molecule is [3H]C1CC(=O)N(CC(=O)N[C@H](C(=O)N[C@@H](CO)C(=O)NCCNC(=O)[C@]2(O)Cc3c(O)c4c(c(O)c3[C@@H](O[C@@H]3C[C@H]5[C@H](O[C@@H]6[C@@H](OC)OCCN65)[C@H](C)O3)C2)C(=O)c2c(OC)cccc2C4=O)C(C)C)C1=O. The molecule has 24 nitrogen and oxygen atoms in total. The predicted octanol–water partition coefficient (Wildman–Crippen LogP) is -1.85. The number of fused-ring (bicyclic) bond motifs is 6. The molecule has 4 saturated heterocycles. The van der Waals surface area contributed by atoms with Gasteiger partial charge in [-0.15, -0.1) is 0 Å². The molecule has 0 radical (unpaired) electrons. The molecule has 6 aliphatic rings. The van der Waals surface area contributed by atoms with Crippen molar-refractivity contribution in [2.45, 2.75) is 114 Å². The number of ketones is 2. The molecule has 4 fully saturated rings. The topological polar surface area (TPSA) is 327 Å². The van der Waals surface area contributed by atoms with Crippen molar-refractivity contribution in [2.24, 2.45) is 5.92 Å². The summed E-state index contributed by atoms with van der Waals surface area (Å²) in [6.45, 7) is 3.53. The van der Waals surface area contributed by atoms with Crippen molar-refractivity contribution >= 4 is 47.0 Å². The molecule has 1 unspecified atom stereocenters. The largest absolute Gasteiger partial charge is 0.507 e. The summed E-state index contributed by atoms with van der Waals surface area (Å²) in [7, 11) is 2.81. The highest BCUT2D eigenvalue weighted by molar-refractivity contribution is 6.31. The van der Waals surface area contributed by atoms with E-state index in [1.54, 1.807) is 20.8 Å². The molecule has 24 heteroatoms. The third-order valence-electron chi connectivity index (χ3n) is 13.7. The van der Waals surface area contributed by atoms with Crippen LogP contribution < -0.4 is 26.0 Å². The van der Waals surface area contributed by atoms with E-state index < -0.39 is 163 Å². The summed E-state index contributed by atoms with van der Waals surface area (Å²) in [4.78, 5) is 109. The number of aliphatic hydroxyl groups excluding tert-OH is 1. The van der Waals surface area contributed by atoms with Crippen LogP contribution >= 0.6 is 0 Å². The number of benzene rings is 2. The number of nitrogens with one attached hydrogen (secondary N) is 4. The van der Waals surface area contributed by atoms with Gasteiger partial charge in [0.1, 0.15) is 47.6 Å². The zero-order chi connectivity index (χ0) is 52.1. The number of imide groups is 1. The Morgan fingerprint density at radius 3 is 2.37 bits per heavy atom. The van der Waals surface area contributed by atoms with E-state index in [-0.39, 0.29) is 60.0 Å². The second-order valence-electron chi connectivity index (χ2n) is 18.5. The van der Waals surface area contributed by atoms with Gasteiger partial charge < -0.3 is 70.1 Å². The van der Waals surface area contributed by atoms with Crippen LogP contribution in [0.25, 0.3) is 0 Å². The lowest BCUT2D eigenvalue weighted by Crippen LogP contribution is -2.58. The Hall–Kier alpha value is -6.12. The van der Waals surface area contributed by atoms with Crippen molar-refractivity contribution in [3.05, 3.63) is 51.6 Å². The van der Waals surface area contributed by atoms with E-state index in [1.165, 1.54) is 32.4 Å². The number of aliphatic hydroxyl groups is 2. The smallest absolute Gasteiger partial charge is 0.252 e. The molecule has 0 aromatic heterocycles. The number of carbonyl (C=O) groups is 8. The number of phenolic OH excluding ortho intramolecular Hbond substituents is 2. The van der Waals surface area contributed by atoms with Crippen LogP contribution in [-0.2, 0) is 58.9 Å². The summed E-state index contributed by atoms with van der Waals surface area (Å²) < 4.78 is 43.5. The standard InChI is InChI=1S/C47H58N6O18/c1-20(2)36(51-28(55)18-53-29(56)9-10-30(53)57)43(63)50-24(19-54)42(62)48-11-12-49-46(64)47(65)16-23-33(40(61)35-34(38(23)59)37(58)22-7-6-8-26(66-4)32(22)39(35)60)27(17-47)70-31-15-25-41(21(3)69-31)71-44-45(67-5)68-14-13-52(25)44/h6-8,20-21,24-25,27,31,36,41,44-45,54,59,61,65H,9-19H2,1-5H3,(H,48,62)(H,49,64)(H,50,63)(H,51,55)/t21-,24-,25-,27-,31+,36-,41+,44+,45-,47-/m0/s1/i9T/t9?,21-,24-,25-,27-,31+,36-,41+,44+,45-,47-. The Kier molecular flexibility index (Phi) is 14.4. The van der Waals surface area contributed by atoms with Gasteiger partial charge in [-0.05, 0) is 18.9 Å². The van der Waals surface area contributed by atoms with Crippen LogP contribution in [0.1, 0.15) is 96.9 Å². The van der Waals surface area contributed by atoms with E-state index in [1.807, 2.05) is 0 Å². The molecule has 8 rings (SSSR count). The highest BCUT2D eigenvalue weighted by atomic mass is 16.7. The molecule has 2 aromatic rings. The van der Waals surface area contributed by atoms with Gasteiger partial charge in [0.25, 0.3) is 5.91 Å². The number of morpholine rings is 1. The van der Waals surface area contributed by atoms with Gasteiger partial charge in [-0.25, -0.2) is 0 Å². The molecule has 0 saturated carbocycles. The van der Waals surface area contributed by atoms with Gasteiger partial charge in [0.2, 0.25) is 35.3 Å². The minimum atomic E-state index is -2.43. The fraction of sp³-hybridized carbons (Fsp3) is 0.574. The number of aromatic hydroxyl groups is 2. The first kappa shape index (κ1) is 49.8. The molecule has 0 bridgehead atoms. The molecule has 2 aromatic carbocycles. The lowest BCUT2D eigenvalue weighted by Gasteiger charge is -2.43. The van der Waals surface area contributed by atoms with E-state index in [0.717, 1.165) is 0 Å². The van der Waals surface area contributed by atoms with Crippen molar-refractivity contribution in [1.82, 2.24) is 31.1 Å². The van der Waals surface area contributed by atoms with Gasteiger partial charge in [0.05, 0.1) is 49.2 Å². The van der Waals surface area contributed by atoms with Crippen LogP contribution in [0.4, 0.5) is 0 Å². The van der Waals surface area contributed by atoms with Gasteiger partial charge in [-0.1, -0.05) is 26.0 Å². The lowest BCUT2D eigenvalue weighted by molar-refractivity contribution is -0.256. The second kappa shape index (κ2) is 20.5. The molecular weight excluding hydrogens is 937 g/mol. The van der Waals surface area contributed by atoms with Gasteiger partial charge in [-0.3, -0.25) is 48.2 Å². The van der Waals surface area contributed by atoms with Gasteiger partial charge in [0.15, 0.2) is 24.6 Å². The average molecular weight is 997 g/mol. The number of amides is 6. The molecule has 0 spiro atoms. The van der Waals surface area contributed by atoms with Gasteiger partial charge >= 0.3 is 0 Å². The van der Waals surface area contributed by atoms with E-state index >= 15 is 0 Å². The van der Waals surface area contributed by atoms with Gasteiger partial charge in [-0.2, -0.15) is 0 Å². The third-order valence-corrected chi connectivity index (χ3v) is 13.7. The minimum absolute atomic E-state index is 0.0501. The first-order valence-corrected chi connectivity index (χ1v) is 23.2. The summed E-state index contributed by atoms with van der Waals surface area (Å²) in [6, 6.07) is 1.20. The fourth-order valence-corrected chi connectivity index (χ4v) is 10.2. The molecule has 4 heterocycles. The Bertz CT molecular complexity index is 2560. The molecule has 11 atom stereocenters. The molecular formula is C47H58N6O18. The summed E-state index contributed by atoms with van der Waals surface area (Å²) in [5.74, 6) is -8.88. The van der Waals surface area contributed by atoms with Crippen LogP contribution in [0.2, 0.25) is 0 Å². The van der Waals surface area contributed by atoms with Crippen molar-refractivity contribution < 1.29 is 88.6 Å². The maximum Gasteiger partial charge on any atom is 0.252 e. The molecule has 71 heavy (non-hydrogen) atoms. The molecule has 2 aliphatic carbocycles. The van der Waals surface area contributed by atoms with Crippen LogP contribution in [0.5, 0.6) is 17.2 Å². The first-order chi connectivity index (χ1) is 34.2. The summed E-state index contributed by atoms with van der Waals surface area (Å²) in [5.41, 5.74) is -4.15. The second-order valence-corrected chi connectivity index (χ2v) is 18.5. The number of hydrogen-bond acceptors (Lipinski definition) is 19. The summed E-state index contributed by atoms with van der Waals surface area (Å²) in [5, 5.41) is 56.2. The van der Waals surface area contributed by atoms with Crippen molar-refractivity contribution in [3.63, 3.8) is 0 Å². The minimum Gasteiger partial charge on any atom is -0.507 e. The van der Waals surface area contributed by atoms with E-state index in [4.69, 9.17) is 29.8 Å². The van der Waals surface area contributed by atoms with Crippen LogP contribution in [0.3, 0.4) is 0 Å². The number of hydrogen-bond donors (Lipinski definition) is 8. The van der Waals surface area contributed by atoms with Crippen LogP contribution in [0, 0.1) is 5.92 Å². The Morgan fingerprint density at radius 2 is 1.69 bits per heavy atom. The monoisotopic (exact) mass is 996 g/mol. The number of nitrogens with zero attached hydrogens (tertiary/aromatic N) is 2. The predicted molar refractivity (Wildman–Crippen MR) is 239 cm³/mol. The third kappa shape index (κ3) is 9.57. The average Bonchev–Trinajstić information content (AvgIpc) is 3.84. The van der Waals surface area contributed by atoms with E-state index in [0.29, 0.717) is 18.1 Å². The number of carbonyl (C=O) groups excluding carboxylic acids is 8. The molecule has 8 N–H and O–H groups in total. The number of rotatable bonds is 16. The maximum absolute atomic E-state index is 14.2. The molecule has 384 valence electrons. The number of methoxy groups -OCH3 is 2.